The minimum absolute atomic E-state index is 0.100. The van der Waals surface area contributed by atoms with E-state index >= 15 is 0 Å². The van der Waals surface area contributed by atoms with Gasteiger partial charge in [0.2, 0.25) is 0 Å². The van der Waals surface area contributed by atoms with Gasteiger partial charge in [0.15, 0.2) is 0 Å². The van der Waals surface area contributed by atoms with Gasteiger partial charge in [0.1, 0.15) is 5.82 Å². The molecule has 1 nitrogen and oxygen atoms in total. The second kappa shape index (κ2) is 2.97. The number of nitrogens with one attached hydrogen (secondary N) is 1. The lowest BCUT2D eigenvalue weighted by Gasteiger charge is -2.31. The largest absolute Gasteiger partial charge is 0.384 e. The number of rotatable bonds is 1. The molecule has 0 aromatic heterocycles. The Labute approximate surface area is 83.3 Å². The molecule has 1 atom stereocenters. The van der Waals surface area contributed by atoms with Gasteiger partial charge in [-0.1, -0.05) is 6.42 Å². The molecule has 3 rings (SSSR count). The van der Waals surface area contributed by atoms with E-state index in [9.17, 15) is 4.39 Å². The molecule has 2 heteroatoms. The maximum Gasteiger partial charge on any atom is 0.123 e. The first kappa shape index (κ1) is 8.27. The number of hydrogen-bond donors (Lipinski definition) is 1. The van der Waals surface area contributed by atoms with E-state index < -0.39 is 0 Å². The van der Waals surface area contributed by atoms with E-state index in [0.717, 1.165) is 18.2 Å². The highest BCUT2D eigenvalue weighted by molar-refractivity contribution is 5.58. The van der Waals surface area contributed by atoms with E-state index in [0.29, 0.717) is 5.92 Å². The molecule has 1 fully saturated rings. The number of anilines is 1. The van der Waals surface area contributed by atoms with Crippen LogP contribution < -0.4 is 5.32 Å². The topological polar surface area (TPSA) is 12.0 Å². The molecule has 1 aromatic carbocycles. The first-order valence-electron chi connectivity index (χ1n) is 5.38. The molecule has 74 valence electrons. The molecule has 1 heterocycles. The average Bonchev–Trinajstić information content (AvgIpc) is 2.46. The zero-order valence-electron chi connectivity index (χ0n) is 8.09. The fourth-order valence-electron chi connectivity index (χ4n) is 2.59. The molecule has 0 spiro atoms. The standard InChI is InChI=1S/C12H14FN/c13-9-4-5-12-10(6-9)11(7-14-12)8-2-1-3-8/h4-6,8,11,14H,1-3,7H2. The van der Waals surface area contributed by atoms with Crippen molar-refractivity contribution in [1.29, 1.82) is 0 Å². The summed E-state index contributed by atoms with van der Waals surface area (Å²) in [5, 5.41) is 3.36. The van der Waals surface area contributed by atoms with Crippen molar-refractivity contribution in [3.63, 3.8) is 0 Å². The fraction of sp³-hybridized carbons (Fsp3) is 0.500. The Morgan fingerprint density at radius 3 is 2.86 bits per heavy atom. The molecule has 0 bridgehead atoms. The summed E-state index contributed by atoms with van der Waals surface area (Å²) in [5.74, 6) is 1.26. The average molecular weight is 191 g/mol. The number of halogens is 1. The fourth-order valence-corrected chi connectivity index (χ4v) is 2.59. The second-order valence-electron chi connectivity index (χ2n) is 4.41. The van der Waals surface area contributed by atoms with Crippen LogP contribution in [0.5, 0.6) is 0 Å². The summed E-state index contributed by atoms with van der Waals surface area (Å²) in [4.78, 5) is 0. The van der Waals surface area contributed by atoms with E-state index in [4.69, 9.17) is 0 Å². The van der Waals surface area contributed by atoms with E-state index in [-0.39, 0.29) is 5.82 Å². The minimum atomic E-state index is -0.100. The van der Waals surface area contributed by atoms with Gasteiger partial charge in [0.25, 0.3) is 0 Å². The Kier molecular flexibility index (Phi) is 1.76. The van der Waals surface area contributed by atoms with Gasteiger partial charge in [-0.05, 0) is 42.5 Å². The van der Waals surface area contributed by atoms with Crippen LogP contribution in [-0.2, 0) is 0 Å². The zero-order valence-corrected chi connectivity index (χ0v) is 8.09. The van der Waals surface area contributed by atoms with Gasteiger partial charge in [0, 0.05) is 18.2 Å². The molecule has 0 saturated heterocycles. The van der Waals surface area contributed by atoms with Crippen LogP contribution in [0.1, 0.15) is 30.7 Å². The highest BCUT2D eigenvalue weighted by atomic mass is 19.1. The van der Waals surface area contributed by atoms with Crippen LogP contribution in [0.15, 0.2) is 18.2 Å². The number of hydrogen-bond acceptors (Lipinski definition) is 1. The van der Waals surface area contributed by atoms with Gasteiger partial charge in [-0.25, -0.2) is 4.39 Å². The highest BCUT2D eigenvalue weighted by Gasteiger charge is 2.33. The van der Waals surface area contributed by atoms with Crippen molar-refractivity contribution in [3.8, 4) is 0 Å². The second-order valence-corrected chi connectivity index (χ2v) is 4.41. The van der Waals surface area contributed by atoms with Crippen molar-refractivity contribution in [1.82, 2.24) is 0 Å². The maximum absolute atomic E-state index is 13.1. The predicted octanol–water partition coefficient (Wildman–Crippen LogP) is 3.13. The van der Waals surface area contributed by atoms with Crippen molar-refractivity contribution < 1.29 is 4.39 Å². The van der Waals surface area contributed by atoms with E-state index in [1.54, 1.807) is 6.07 Å². The Bertz CT molecular complexity index is 357. The molecule has 0 radical (unpaired) electrons. The third kappa shape index (κ3) is 1.13. The third-order valence-electron chi connectivity index (χ3n) is 3.64. The van der Waals surface area contributed by atoms with E-state index in [2.05, 4.69) is 5.32 Å². The third-order valence-corrected chi connectivity index (χ3v) is 3.64. The van der Waals surface area contributed by atoms with Gasteiger partial charge < -0.3 is 5.32 Å². The zero-order chi connectivity index (χ0) is 9.54. The maximum atomic E-state index is 13.1. The molecule has 1 saturated carbocycles. The van der Waals surface area contributed by atoms with Crippen LogP contribution in [0.2, 0.25) is 0 Å². The van der Waals surface area contributed by atoms with Crippen molar-refractivity contribution >= 4 is 5.69 Å². The molecular weight excluding hydrogens is 177 g/mol. The van der Waals surface area contributed by atoms with Crippen molar-refractivity contribution in [2.24, 2.45) is 5.92 Å². The summed E-state index contributed by atoms with van der Waals surface area (Å²) >= 11 is 0. The van der Waals surface area contributed by atoms with Gasteiger partial charge in [-0.15, -0.1) is 0 Å². The highest BCUT2D eigenvalue weighted by Crippen LogP contribution is 2.44. The van der Waals surface area contributed by atoms with Crippen LogP contribution in [0.25, 0.3) is 0 Å². The summed E-state index contributed by atoms with van der Waals surface area (Å²) in [6.07, 6.45) is 4.00. The Morgan fingerprint density at radius 2 is 2.14 bits per heavy atom. The summed E-state index contributed by atoms with van der Waals surface area (Å²) in [6, 6.07) is 5.11. The van der Waals surface area contributed by atoms with Crippen LogP contribution in [-0.4, -0.2) is 6.54 Å². The molecule has 1 aliphatic carbocycles. The van der Waals surface area contributed by atoms with E-state index in [1.807, 2.05) is 6.07 Å². The molecular formula is C12H14FN. The van der Waals surface area contributed by atoms with Crippen molar-refractivity contribution in [3.05, 3.63) is 29.6 Å². The number of fused-ring (bicyclic) bond motifs is 1. The van der Waals surface area contributed by atoms with Crippen molar-refractivity contribution in [2.45, 2.75) is 25.2 Å². The molecule has 1 aliphatic heterocycles. The van der Waals surface area contributed by atoms with Crippen LogP contribution in [0.3, 0.4) is 0 Å². The molecule has 1 aromatic rings. The van der Waals surface area contributed by atoms with Gasteiger partial charge in [-0.2, -0.15) is 0 Å². The van der Waals surface area contributed by atoms with E-state index in [1.165, 1.54) is 30.9 Å². The Balaban J connectivity index is 1.95. The molecule has 1 N–H and O–H groups in total. The monoisotopic (exact) mass is 191 g/mol. The minimum Gasteiger partial charge on any atom is -0.384 e. The normalized spacial score (nSPS) is 25.4. The lowest BCUT2D eigenvalue weighted by Crippen LogP contribution is -2.21. The molecule has 1 unspecified atom stereocenters. The SMILES string of the molecule is Fc1ccc2c(c1)C(C1CCC1)CN2. The van der Waals surface area contributed by atoms with Gasteiger partial charge >= 0.3 is 0 Å². The van der Waals surface area contributed by atoms with Crippen molar-refractivity contribution in [2.75, 3.05) is 11.9 Å². The van der Waals surface area contributed by atoms with Crippen LogP contribution in [0, 0.1) is 11.7 Å². The summed E-state index contributed by atoms with van der Waals surface area (Å²) in [5.41, 5.74) is 2.35. The lowest BCUT2D eigenvalue weighted by molar-refractivity contribution is 0.272. The quantitative estimate of drug-likeness (QED) is 0.719. The first-order chi connectivity index (χ1) is 6.84. The smallest absolute Gasteiger partial charge is 0.123 e. The van der Waals surface area contributed by atoms with Crippen LogP contribution in [0.4, 0.5) is 10.1 Å². The number of benzene rings is 1. The Hall–Kier alpha value is -1.05. The molecule has 0 amide bonds. The summed E-state index contributed by atoms with van der Waals surface area (Å²) < 4.78 is 13.1. The first-order valence-corrected chi connectivity index (χ1v) is 5.38. The summed E-state index contributed by atoms with van der Waals surface area (Å²) in [6.45, 7) is 1.00. The van der Waals surface area contributed by atoms with Gasteiger partial charge in [0.05, 0.1) is 0 Å². The van der Waals surface area contributed by atoms with Crippen LogP contribution >= 0.6 is 0 Å². The lowest BCUT2D eigenvalue weighted by atomic mass is 9.74. The summed E-state index contributed by atoms with van der Waals surface area (Å²) in [7, 11) is 0. The van der Waals surface area contributed by atoms with Gasteiger partial charge in [-0.3, -0.25) is 0 Å². The predicted molar refractivity (Wildman–Crippen MR) is 55.0 cm³/mol. The Morgan fingerprint density at radius 1 is 1.29 bits per heavy atom. The molecule has 14 heavy (non-hydrogen) atoms. The molecule has 2 aliphatic rings.